The van der Waals surface area contributed by atoms with Gasteiger partial charge in [0, 0.05) is 17.7 Å². The van der Waals surface area contributed by atoms with Crippen LogP contribution in [0, 0.1) is 0 Å². The molecule has 21 heavy (non-hydrogen) atoms. The molecule has 1 unspecified atom stereocenters. The number of alkyl halides is 1. The monoisotopic (exact) mass is 306 g/mol. The molecule has 0 spiro atoms. The van der Waals surface area contributed by atoms with Crippen LogP contribution in [0.4, 0.5) is 0 Å². The zero-order chi connectivity index (χ0) is 15.2. The highest BCUT2D eigenvalue weighted by Gasteiger charge is 2.36. The second-order valence-corrected chi connectivity index (χ2v) is 5.51. The van der Waals surface area contributed by atoms with Gasteiger partial charge in [0.25, 0.3) is 0 Å². The number of ketones is 2. The molecule has 0 amide bonds. The number of aliphatic imine (C=N–C) groups is 1. The largest absolute Gasteiger partial charge is 0.330 e. The van der Waals surface area contributed by atoms with E-state index in [1.807, 2.05) is 0 Å². The molecule has 0 saturated carbocycles. The van der Waals surface area contributed by atoms with Crippen LogP contribution in [0.15, 0.2) is 29.3 Å². The molecule has 1 aliphatic rings. The van der Waals surface area contributed by atoms with Gasteiger partial charge in [-0.2, -0.15) is 0 Å². The third-order valence-electron chi connectivity index (χ3n) is 3.53. The molecule has 0 aliphatic heterocycles. The number of carbonyl (C=O) groups excluding carboxylic acids is 2. The van der Waals surface area contributed by atoms with Crippen LogP contribution in [0.25, 0.3) is 0 Å². The summed E-state index contributed by atoms with van der Waals surface area (Å²) in [5.41, 5.74) is 6.41. The third kappa shape index (κ3) is 3.57. The van der Waals surface area contributed by atoms with Crippen molar-refractivity contribution < 1.29 is 9.59 Å². The minimum atomic E-state index is -0.962. The van der Waals surface area contributed by atoms with Gasteiger partial charge in [0.05, 0.1) is 0 Å². The van der Waals surface area contributed by atoms with Crippen molar-refractivity contribution in [2.24, 2.45) is 10.7 Å². The normalized spacial score (nSPS) is 19.9. The summed E-state index contributed by atoms with van der Waals surface area (Å²) in [6.45, 7) is 1.21. The Hall–Kier alpha value is -1.52. The van der Waals surface area contributed by atoms with Gasteiger partial charge in [-0.3, -0.25) is 14.6 Å². The molecule has 0 fully saturated rings. The number of hydrogen-bond acceptors (Lipinski definition) is 4. The van der Waals surface area contributed by atoms with Gasteiger partial charge in [-0.05, 0) is 19.4 Å². The van der Waals surface area contributed by atoms with Crippen LogP contribution in [-0.4, -0.2) is 35.7 Å². The van der Waals surface area contributed by atoms with Gasteiger partial charge < -0.3 is 5.73 Å². The molecule has 1 aromatic rings. The number of Topliss-reactive ketones (excluding diaryl/α,β-unsaturated/α-hetero) is 2. The fraction of sp³-hybridized carbons (Fsp3) is 0.438. The molecule has 0 bridgehead atoms. The number of fused-ring (bicyclic) bond motifs is 1. The second-order valence-electron chi connectivity index (χ2n) is 5.07. The highest BCUT2D eigenvalue weighted by atomic mass is 35.5. The maximum Gasteiger partial charge on any atom is 0.209 e. The first-order valence-electron chi connectivity index (χ1n) is 7.23. The average molecular weight is 307 g/mol. The number of unbranched alkanes of at least 4 members (excludes halogenated alkanes) is 3. The maximum absolute atomic E-state index is 12.4. The van der Waals surface area contributed by atoms with Crippen molar-refractivity contribution in [1.29, 1.82) is 0 Å². The van der Waals surface area contributed by atoms with Crippen molar-refractivity contribution in [3.8, 4) is 0 Å². The Labute approximate surface area is 129 Å². The summed E-state index contributed by atoms with van der Waals surface area (Å²) in [5.74, 6) is -0.471. The van der Waals surface area contributed by atoms with Crippen molar-refractivity contribution in [1.82, 2.24) is 0 Å². The Balaban J connectivity index is 2.07. The van der Waals surface area contributed by atoms with E-state index >= 15 is 0 Å². The fourth-order valence-electron chi connectivity index (χ4n) is 2.37. The first kappa shape index (κ1) is 15.9. The van der Waals surface area contributed by atoms with Gasteiger partial charge in [0.15, 0.2) is 5.78 Å². The SMILES string of the molecule is NCCCCCCN=C1C(=O)c2ccccc2C(=O)C1Cl. The lowest BCUT2D eigenvalue weighted by atomic mass is 9.88. The number of rotatable bonds is 6. The smallest absolute Gasteiger partial charge is 0.209 e. The van der Waals surface area contributed by atoms with Gasteiger partial charge in [-0.1, -0.05) is 37.1 Å². The standard InChI is InChI=1S/C16H19ClN2O2/c17-13-14(19-10-6-2-1-5-9-18)16(21)12-8-4-3-7-11(12)15(13)20/h3-4,7-8,13H,1-2,5-6,9-10,18H2. The number of benzene rings is 1. The molecule has 1 aromatic carbocycles. The maximum atomic E-state index is 12.4. The summed E-state index contributed by atoms with van der Waals surface area (Å²) in [6.07, 6.45) is 3.94. The van der Waals surface area contributed by atoms with E-state index < -0.39 is 5.38 Å². The van der Waals surface area contributed by atoms with Crippen LogP contribution in [0.3, 0.4) is 0 Å². The molecule has 4 nitrogen and oxygen atoms in total. The van der Waals surface area contributed by atoms with Crippen molar-refractivity contribution in [3.05, 3.63) is 35.4 Å². The predicted octanol–water partition coefficient (Wildman–Crippen LogP) is 2.63. The molecular weight excluding hydrogens is 288 g/mol. The number of nitrogens with zero attached hydrogens (tertiary/aromatic N) is 1. The van der Waals surface area contributed by atoms with E-state index in [1.54, 1.807) is 24.3 Å². The summed E-state index contributed by atoms with van der Waals surface area (Å²) in [7, 11) is 0. The number of halogens is 1. The van der Waals surface area contributed by atoms with Crippen LogP contribution in [0.2, 0.25) is 0 Å². The quantitative estimate of drug-likeness (QED) is 0.648. The van der Waals surface area contributed by atoms with Crippen molar-refractivity contribution in [2.45, 2.75) is 31.1 Å². The lowest BCUT2D eigenvalue weighted by Gasteiger charge is -2.19. The van der Waals surface area contributed by atoms with Crippen LogP contribution in [0.1, 0.15) is 46.4 Å². The molecule has 0 saturated heterocycles. The molecule has 2 rings (SSSR count). The van der Waals surface area contributed by atoms with E-state index in [0.29, 0.717) is 24.2 Å². The molecule has 1 atom stereocenters. The van der Waals surface area contributed by atoms with Gasteiger partial charge >= 0.3 is 0 Å². The molecular formula is C16H19ClN2O2. The molecule has 1 aliphatic carbocycles. The van der Waals surface area contributed by atoms with E-state index in [4.69, 9.17) is 17.3 Å². The summed E-state index contributed by atoms with van der Waals surface area (Å²) in [5, 5.41) is -0.962. The Kier molecular flexibility index (Phi) is 5.65. The van der Waals surface area contributed by atoms with Gasteiger partial charge in [-0.25, -0.2) is 0 Å². The Bertz CT molecular complexity index is 569. The second kappa shape index (κ2) is 7.48. The van der Waals surface area contributed by atoms with Crippen molar-refractivity contribution in [3.63, 3.8) is 0 Å². The Morgan fingerprint density at radius 3 is 2.43 bits per heavy atom. The first-order valence-corrected chi connectivity index (χ1v) is 7.67. The number of nitrogens with two attached hydrogens (primary N) is 1. The van der Waals surface area contributed by atoms with Gasteiger partial charge in [0.2, 0.25) is 5.78 Å². The van der Waals surface area contributed by atoms with Crippen molar-refractivity contribution >= 4 is 28.9 Å². The first-order chi connectivity index (χ1) is 10.2. The van der Waals surface area contributed by atoms with Gasteiger partial charge in [-0.15, -0.1) is 11.6 Å². The number of hydrogen-bond donors (Lipinski definition) is 1. The summed E-state index contributed by atoms with van der Waals surface area (Å²) < 4.78 is 0. The Morgan fingerprint density at radius 1 is 1.05 bits per heavy atom. The fourth-order valence-corrected chi connectivity index (χ4v) is 2.66. The van der Waals surface area contributed by atoms with Gasteiger partial charge in [0.1, 0.15) is 11.1 Å². The van der Waals surface area contributed by atoms with E-state index in [1.165, 1.54) is 0 Å². The molecule has 2 N–H and O–H groups in total. The van der Waals surface area contributed by atoms with E-state index in [9.17, 15) is 9.59 Å². The zero-order valence-corrected chi connectivity index (χ0v) is 12.6. The minimum absolute atomic E-state index is 0.180. The lowest BCUT2D eigenvalue weighted by Crippen LogP contribution is -2.38. The van der Waals surface area contributed by atoms with Crippen LogP contribution in [-0.2, 0) is 0 Å². The Morgan fingerprint density at radius 2 is 1.71 bits per heavy atom. The topological polar surface area (TPSA) is 72.5 Å². The van der Waals surface area contributed by atoms with E-state index in [2.05, 4.69) is 4.99 Å². The third-order valence-corrected chi connectivity index (χ3v) is 3.94. The average Bonchev–Trinajstić information content (AvgIpc) is 2.51. The highest BCUT2D eigenvalue weighted by molar-refractivity contribution is 6.64. The summed E-state index contributed by atoms with van der Waals surface area (Å²) >= 11 is 6.10. The summed E-state index contributed by atoms with van der Waals surface area (Å²) in [6, 6.07) is 6.75. The highest BCUT2D eigenvalue weighted by Crippen LogP contribution is 2.23. The van der Waals surface area contributed by atoms with E-state index in [0.717, 1.165) is 25.7 Å². The molecule has 112 valence electrons. The molecule has 0 aromatic heterocycles. The van der Waals surface area contributed by atoms with Crippen LogP contribution in [0.5, 0.6) is 0 Å². The van der Waals surface area contributed by atoms with E-state index in [-0.39, 0.29) is 17.3 Å². The molecule has 0 heterocycles. The molecule has 5 heteroatoms. The zero-order valence-electron chi connectivity index (χ0n) is 11.8. The van der Waals surface area contributed by atoms with Crippen LogP contribution >= 0.6 is 11.6 Å². The summed E-state index contributed by atoms with van der Waals surface area (Å²) in [4.78, 5) is 28.8. The lowest BCUT2D eigenvalue weighted by molar-refractivity contribution is 0.0967. The molecule has 0 radical (unpaired) electrons. The minimum Gasteiger partial charge on any atom is -0.330 e. The van der Waals surface area contributed by atoms with Crippen LogP contribution < -0.4 is 5.73 Å². The predicted molar refractivity (Wildman–Crippen MR) is 84.6 cm³/mol. The van der Waals surface area contributed by atoms with Crippen molar-refractivity contribution in [2.75, 3.05) is 13.1 Å². The number of carbonyl (C=O) groups is 2.